The number of nitrogens with one attached hydrogen (secondary N) is 1. The quantitative estimate of drug-likeness (QED) is 0.808. The molecule has 2 aromatic rings. The smallest absolute Gasteiger partial charge is 0.255 e. The first-order valence-electron chi connectivity index (χ1n) is 6.81. The maximum atomic E-state index is 12.1. The van der Waals surface area contributed by atoms with Crippen molar-refractivity contribution >= 4 is 5.91 Å². The van der Waals surface area contributed by atoms with Gasteiger partial charge in [-0.3, -0.25) is 4.79 Å². The van der Waals surface area contributed by atoms with Gasteiger partial charge < -0.3 is 15.5 Å². The van der Waals surface area contributed by atoms with Crippen molar-refractivity contribution in [3.05, 3.63) is 64.7 Å². The topological polar surface area (TPSA) is 69.6 Å². The van der Waals surface area contributed by atoms with Crippen LogP contribution in [-0.4, -0.2) is 22.7 Å². The zero-order chi connectivity index (χ0) is 15.4. The third-order valence-corrected chi connectivity index (χ3v) is 3.49. The summed E-state index contributed by atoms with van der Waals surface area (Å²) in [7, 11) is 0. The fourth-order valence-electron chi connectivity index (χ4n) is 2.20. The number of phenolic OH excluding ortho intramolecular Hbond substituents is 1. The van der Waals surface area contributed by atoms with Crippen LogP contribution >= 0.6 is 0 Å². The second-order valence-electron chi connectivity index (χ2n) is 5.05. The van der Waals surface area contributed by atoms with Gasteiger partial charge in [0.15, 0.2) is 0 Å². The van der Waals surface area contributed by atoms with E-state index < -0.39 is 12.0 Å². The first kappa shape index (κ1) is 15.1. The molecule has 0 aliphatic rings. The number of hydrogen-bond donors (Lipinski definition) is 3. The Morgan fingerprint density at radius 2 is 1.76 bits per heavy atom. The van der Waals surface area contributed by atoms with E-state index in [4.69, 9.17) is 0 Å². The Morgan fingerprint density at radius 3 is 2.48 bits per heavy atom. The molecule has 2 aromatic carbocycles. The van der Waals surface area contributed by atoms with Crippen molar-refractivity contribution in [1.82, 2.24) is 5.32 Å². The first-order chi connectivity index (χ1) is 10.0. The molecule has 0 aliphatic carbocycles. The first-order valence-corrected chi connectivity index (χ1v) is 6.81. The molecule has 1 unspecified atom stereocenters. The lowest BCUT2D eigenvalue weighted by molar-refractivity contribution is 0.0913. The highest BCUT2D eigenvalue weighted by atomic mass is 16.3. The summed E-state index contributed by atoms with van der Waals surface area (Å²) in [5.74, 6) is -0.427. The van der Waals surface area contributed by atoms with E-state index in [9.17, 15) is 15.0 Å². The number of aromatic hydroxyl groups is 1. The summed E-state index contributed by atoms with van der Waals surface area (Å²) in [6.07, 6.45) is -0.776. The highest BCUT2D eigenvalue weighted by molar-refractivity contribution is 5.97. The number of aliphatic hydroxyl groups excluding tert-OH is 1. The van der Waals surface area contributed by atoms with Gasteiger partial charge in [0, 0.05) is 6.54 Å². The van der Waals surface area contributed by atoms with E-state index in [1.807, 2.05) is 31.2 Å². The molecule has 0 fully saturated rings. The van der Waals surface area contributed by atoms with E-state index in [1.165, 1.54) is 0 Å². The number of rotatable bonds is 4. The summed E-state index contributed by atoms with van der Waals surface area (Å²) in [5, 5.41) is 22.7. The standard InChI is InChI=1S/C17H19NO3/c1-11-6-3-4-8-13(11)15(19)10-18-17(21)14-9-5-7-12(2)16(14)20/h3-9,15,19-20H,10H2,1-2H3,(H,18,21). The van der Waals surface area contributed by atoms with E-state index in [1.54, 1.807) is 25.1 Å². The Bertz CT molecular complexity index is 652. The number of phenols is 1. The molecule has 0 aromatic heterocycles. The average molecular weight is 285 g/mol. The van der Waals surface area contributed by atoms with Crippen LogP contribution in [0.4, 0.5) is 0 Å². The average Bonchev–Trinajstić information content (AvgIpc) is 2.47. The van der Waals surface area contributed by atoms with Crippen molar-refractivity contribution in [2.45, 2.75) is 20.0 Å². The predicted octanol–water partition coefficient (Wildman–Crippen LogP) is 2.47. The minimum Gasteiger partial charge on any atom is -0.507 e. The maximum Gasteiger partial charge on any atom is 0.255 e. The van der Waals surface area contributed by atoms with E-state index in [0.717, 1.165) is 11.1 Å². The summed E-state index contributed by atoms with van der Waals surface area (Å²) in [6, 6.07) is 12.5. The van der Waals surface area contributed by atoms with Gasteiger partial charge in [0.25, 0.3) is 5.91 Å². The molecule has 110 valence electrons. The SMILES string of the molecule is Cc1ccccc1C(O)CNC(=O)c1cccc(C)c1O. The van der Waals surface area contributed by atoms with Crippen molar-refractivity contribution < 1.29 is 15.0 Å². The van der Waals surface area contributed by atoms with Crippen LogP contribution in [-0.2, 0) is 0 Å². The van der Waals surface area contributed by atoms with Crippen LogP contribution in [0.25, 0.3) is 0 Å². The molecule has 1 amide bonds. The molecule has 4 heteroatoms. The molecule has 0 heterocycles. The van der Waals surface area contributed by atoms with Gasteiger partial charge in [-0.25, -0.2) is 0 Å². The van der Waals surface area contributed by atoms with Crippen LogP contribution in [0.1, 0.15) is 33.2 Å². The van der Waals surface area contributed by atoms with Crippen molar-refractivity contribution in [3.8, 4) is 5.75 Å². The van der Waals surface area contributed by atoms with E-state index in [-0.39, 0.29) is 17.9 Å². The van der Waals surface area contributed by atoms with Crippen LogP contribution in [0.2, 0.25) is 0 Å². The Morgan fingerprint density at radius 1 is 1.10 bits per heavy atom. The van der Waals surface area contributed by atoms with Gasteiger partial charge in [-0.1, -0.05) is 36.4 Å². The van der Waals surface area contributed by atoms with E-state index in [2.05, 4.69) is 5.32 Å². The zero-order valence-electron chi connectivity index (χ0n) is 12.1. The summed E-state index contributed by atoms with van der Waals surface area (Å²) in [6.45, 7) is 3.73. The van der Waals surface area contributed by atoms with Gasteiger partial charge in [-0.05, 0) is 36.6 Å². The zero-order valence-corrected chi connectivity index (χ0v) is 12.1. The number of carbonyl (C=O) groups excluding carboxylic acids is 1. The number of para-hydroxylation sites is 1. The Balaban J connectivity index is 2.04. The number of hydrogen-bond acceptors (Lipinski definition) is 3. The van der Waals surface area contributed by atoms with Crippen molar-refractivity contribution in [2.75, 3.05) is 6.54 Å². The summed E-state index contributed by atoms with van der Waals surface area (Å²) in [5.41, 5.74) is 2.61. The lowest BCUT2D eigenvalue weighted by Gasteiger charge is -2.15. The number of benzene rings is 2. The van der Waals surface area contributed by atoms with Gasteiger partial charge in [0.1, 0.15) is 5.75 Å². The second-order valence-corrected chi connectivity index (χ2v) is 5.05. The second kappa shape index (κ2) is 6.41. The highest BCUT2D eigenvalue weighted by Crippen LogP contribution is 2.21. The Labute approximate surface area is 124 Å². The number of amides is 1. The maximum absolute atomic E-state index is 12.1. The van der Waals surface area contributed by atoms with Crippen molar-refractivity contribution in [1.29, 1.82) is 0 Å². The fourth-order valence-corrected chi connectivity index (χ4v) is 2.20. The summed E-state index contributed by atoms with van der Waals surface area (Å²) in [4.78, 5) is 12.1. The molecule has 21 heavy (non-hydrogen) atoms. The third kappa shape index (κ3) is 3.41. The molecular formula is C17H19NO3. The molecule has 0 spiro atoms. The highest BCUT2D eigenvalue weighted by Gasteiger charge is 2.15. The molecule has 0 saturated heterocycles. The lowest BCUT2D eigenvalue weighted by Crippen LogP contribution is -2.28. The van der Waals surface area contributed by atoms with Crippen LogP contribution in [0, 0.1) is 13.8 Å². The van der Waals surface area contributed by atoms with Crippen LogP contribution in [0.15, 0.2) is 42.5 Å². The predicted molar refractivity (Wildman–Crippen MR) is 81.3 cm³/mol. The normalized spacial score (nSPS) is 12.0. The van der Waals surface area contributed by atoms with E-state index in [0.29, 0.717) is 5.56 Å². The molecule has 0 bridgehead atoms. The molecule has 0 radical (unpaired) electrons. The van der Waals surface area contributed by atoms with Gasteiger partial charge >= 0.3 is 0 Å². The molecule has 4 nitrogen and oxygen atoms in total. The van der Waals surface area contributed by atoms with Gasteiger partial charge in [-0.15, -0.1) is 0 Å². The minimum absolute atomic E-state index is 0.0274. The molecule has 1 atom stereocenters. The summed E-state index contributed by atoms with van der Waals surface area (Å²) >= 11 is 0. The molecule has 3 N–H and O–H groups in total. The minimum atomic E-state index is -0.776. The molecule has 0 saturated carbocycles. The van der Waals surface area contributed by atoms with Gasteiger partial charge in [0.05, 0.1) is 11.7 Å². The van der Waals surface area contributed by atoms with Crippen LogP contribution < -0.4 is 5.32 Å². The van der Waals surface area contributed by atoms with Gasteiger partial charge in [0.2, 0.25) is 0 Å². The summed E-state index contributed by atoms with van der Waals surface area (Å²) < 4.78 is 0. The van der Waals surface area contributed by atoms with Crippen LogP contribution in [0.5, 0.6) is 5.75 Å². The monoisotopic (exact) mass is 285 g/mol. The molecule has 2 rings (SSSR count). The van der Waals surface area contributed by atoms with E-state index >= 15 is 0 Å². The van der Waals surface area contributed by atoms with Crippen molar-refractivity contribution in [2.24, 2.45) is 0 Å². The largest absolute Gasteiger partial charge is 0.507 e. The molecule has 0 aliphatic heterocycles. The number of carbonyl (C=O) groups is 1. The van der Waals surface area contributed by atoms with Gasteiger partial charge in [-0.2, -0.15) is 0 Å². The number of aliphatic hydroxyl groups is 1. The Hall–Kier alpha value is -2.33. The van der Waals surface area contributed by atoms with Crippen molar-refractivity contribution in [3.63, 3.8) is 0 Å². The third-order valence-electron chi connectivity index (χ3n) is 3.49. The molecular weight excluding hydrogens is 266 g/mol. The fraction of sp³-hybridized carbons (Fsp3) is 0.235. The number of aryl methyl sites for hydroxylation is 2. The lowest BCUT2D eigenvalue weighted by atomic mass is 10.0. The van der Waals surface area contributed by atoms with Crippen LogP contribution in [0.3, 0.4) is 0 Å². The Kier molecular flexibility index (Phi) is 4.60.